The van der Waals surface area contributed by atoms with E-state index in [1.165, 1.54) is 27.6 Å². The molecule has 89 heavy (non-hydrogen) atoms. The summed E-state index contributed by atoms with van der Waals surface area (Å²) < 4.78 is 65.0. The van der Waals surface area contributed by atoms with Gasteiger partial charge in [-0.15, -0.1) is 0 Å². The molecular weight excluding hydrogens is 1290 g/mol. The molecule has 0 atom stereocenters. The molecule has 4 aromatic carbocycles. The summed E-state index contributed by atoms with van der Waals surface area (Å²) in [6, 6.07) is 11.8. The maximum Gasteiger partial charge on any atom is 0.495 e. The molecule has 2 N–H and O–H groups in total. The first kappa shape index (κ1) is 76.5. The predicted molar refractivity (Wildman–Crippen MR) is 360 cm³/mol. The van der Waals surface area contributed by atoms with Crippen LogP contribution < -0.4 is 35.3 Å². The summed E-state index contributed by atoms with van der Waals surface area (Å²) in [6.07, 6.45) is 6.94. The third-order valence-electron chi connectivity index (χ3n) is 14.0. The number of hydrogen-bond donors (Lipinski definition) is 2. The van der Waals surface area contributed by atoms with Gasteiger partial charge in [-0.25, -0.2) is 9.59 Å². The highest BCUT2D eigenvalue weighted by atomic mass is 127. The minimum absolute atomic E-state index is 0. The molecule has 2 aliphatic carbocycles. The lowest BCUT2D eigenvalue weighted by molar-refractivity contribution is 0.0321. The Balaban J connectivity index is 0.000000370. The first-order chi connectivity index (χ1) is 40.7. The highest BCUT2D eigenvalue weighted by Gasteiger charge is 2.31. The molecule has 20 nitrogen and oxygen atoms in total. The topological polar surface area (TPSA) is 261 Å². The van der Waals surface area contributed by atoms with E-state index in [0.717, 1.165) is 38.6 Å². The standard InChI is InChI=1S/C31H36O9Si.C17H23BO6Si.C14H15IO5.3CH4/c1-18-12-26-28(27(19(18)2)31(34)37-10-11-41(5,6)7)30(33)23(15-38-26)21-9-8-20-13-24(39-16-35-3)25(40-17-36-4)14-22(20)29(21)32;1-10-8-13-15(16(19)12(9-24-13)18(21)22)14(11(10)2)17(20)23-6-7-25(3,4)5;1-17-7-19-12-5-9-3-4-11(15)14(16)10(9)6-13(12)20-8-18-2;;;/h9,12-15H,8,10-11,16-17H2,1-7H3;8-9,21-22H,6-7H2,1-5H3;4-6H,3,7-8H2,1-2H3;3*1H4. The summed E-state index contributed by atoms with van der Waals surface area (Å²) >= 11 is 2.05. The second-order valence-corrected chi connectivity index (χ2v) is 35.2. The lowest BCUT2D eigenvalue weighted by Crippen LogP contribution is -2.41. The van der Waals surface area contributed by atoms with Gasteiger partial charge in [0.15, 0.2) is 67.2 Å². The number of halogens is 1. The zero-order valence-electron chi connectivity index (χ0n) is 51.0. The molecule has 0 radical (unpaired) electrons. The quantitative estimate of drug-likeness (QED) is 0.0277. The Morgan fingerprint density at radius 3 is 1.33 bits per heavy atom. The zero-order valence-corrected chi connectivity index (χ0v) is 55.2. The van der Waals surface area contributed by atoms with Gasteiger partial charge in [0.2, 0.25) is 5.43 Å². The van der Waals surface area contributed by atoms with E-state index in [1.807, 2.05) is 48.6 Å². The minimum atomic E-state index is -1.97. The predicted octanol–water partition coefficient (Wildman–Crippen LogP) is 11.9. The number of carbonyl (C=O) groups excluding carboxylic acids is 4. The second-order valence-electron chi connectivity index (χ2n) is 22.8. The van der Waals surface area contributed by atoms with E-state index in [1.54, 1.807) is 57.4 Å². The smallest absolute Gasteiger partial charge is 0.464 e. The number of benzene rings is 4. The molecule has 2 aromatic heterocycles. The van der Waals surface area contributed by atoms with Crippen LogP contribution >= 0.6 is 22.6 Å². The van der Waals surface area contributed by atoms with Crippen molar-refractivity contribution in [3.8, 4) is 23.0 Å². The Labute approximate surface area is 537 Å². The number of Topliss-reactive ketones (excluding diaryl/α,β-unsaturated/α-hetero) is 2. The maximum absolute atomic E-state index is 14.0. The molecule has 8 rings (SSSR count). The number of esters is 2. The van der Waals surface area contributed by atoms with Gasteiger partial charge in [0.05, 0.1) is 56.0 Å². The van der Waals surface area contributed by atoms with Crippen molar-refractivity contribution in [1.82, 2.24) is 0 Å². The van der Waals surface area contributed by atoms with Crippen molar-refractivity contribution in [3.63, 3.8) is 0 Å². The number of allylic oxidation sites excluding steroid dienone is 4. The van der Waals surface area contributed by atoms with Crippen molar-refractivity contribution < 1.29 is 85.4 Å². The van der Waals surface area contributed by atoms with Gasteiger partial charge in [0, 0.05) is 61.3 Å². The van der Waals surface area contributed by atoms with E-state index in [4.69, 9.17) is 56.2 Å². The normalized spacial score (nSPS) is 12.4. The third-order valence-corrected chi connectivity index (χ3v) is 18.3. The Bertz CT molecular complexity index is 3700. The molecule has 2 heterocycles. The van der Waals surface area contributed by atoms with Crippen molar-refractivity contribution in [3.05, 3.63) is 146 Å². The molecular formula is C65H86BIO20Si2. The van der Waals surface area contributed by atoms with Gasteiger partial charge in [0.25, 0.3) is 0 Å². The molecule has 0 bridgehead atoms. The zero-order chi connectivity index (χ0) is 63.4. The second kappa shape index (κ2) is 33.9. The average molecular weight is 1380 g/mol. The van der Waals surface area contributed by atoms with Crippen LogP contribution in [-0.4, -0.2) is 126 Å². The summed E-state index contributed by atoms with van der Waals surface area (Å²) in [6.45, 7) is 21.0. The number of aryl methyl sites for hydroxylation is 2. The number of carbonyl (C=O) groups is 4. The van der Waals surface area contributed by atoms with Crippen LogP contribution in [-0.2, 0) is 41.3 Å². The van der Waals surface area contributed by atoms with Crippen LogP contribution in [0.2, 0.25) is 51.4 Å². The lowest BCUT2D eigenvalue weighted by atomic mass is 9.80. The number of ketones is 2. The number of ether oxygens (including phenoxy) is 10. The van der Waals surface area contributed by atoms with Crippen LogP contribution in [0.1, 0.15) is 103 Å². The van der Waals surface area contributed by atoms with Crippen molar-refractivity contribution in [1.29, 1.82) is 0 Å². The van der Waals surface area contributed by atoms with E-state index in [2.05, 4.69) is 39.3 Å². The van der Waals surface area contributed by atoms with Crippen molar-refractivity contribution >= 4 is 102 Å². The van der Waals surface area contributed by atoms with Crippen LogP contribution in [0.3, 0.4) is 0 Å². The minimum Gasteiger partial charge on any atom is -0.464 e. The van der Waals surface area contributed by atoms with Crippen molar-refractivity contribution in [2.24, 2.45) is 0 Å². The monoisotopic (exact) mass is 1380 g/mol. The van der Waals surface area contributed by atoms with Crippen molar-refractivity contribution in [2.75, 3.05) is 68.8 Å². The highest BCUT2D eigenvalue weighted by Crippen LogP contribution is 2.38. The van der Waals surface area contributed by atoms with Crippen LogP contribution in [0.5, 0.6) is 23.0 Å². The highest BCUT2D eigenvalue weighted by molar-refractivity contribution is 14.1. The van der Waals surface area contributed by atoms with Gasteiger partial charge in [-0.3, -0.25) is 19.2 Å². The van der Waals surface area contributed by atoms with Gasteiger partial charge in [-0.2, -0.15) is 0 Å². The molecule has 484 valence electrons. The van der Waals surface area contributed by atoms with Crippen molar-refractivity contribution in [2.45, 2.75) is 114 Å². The van der Waals surface area contributed by atoms with Crippen LogP contribution in [0.4, 0.5) is 0 Å². The van der Waals surface area contributed by atoms with Crippen LogP contribution in [0.15, 0.2) is 83.1 Å². The Kier molecular flexibility index (Phi) is 29.1. The van der Waals surface area contributed by atoms with E-state index in [-0.39, 0.29) is 124 Å². The summed E-state index contributed by atoms with van der Waals surface area (Å²) in [4.78, 5) is 78.4. The number of fused-ring (bicyclic) bond motifs is 4. The molecule has 24 heteroatoms. The Morgan fingerprint density at radius 2 is 0.921 bits per heavy atom. The molecule has 0 saturated carbocycles. The number of rotatable bonds is 22. The summed E-state index contributed by atoms with van der Waals surface area (Å²) in [5.74, 6) is 0.188. The molecule has 2 aliphatic rings. The van der Waals surface area contributed by atoms with Crippen LogP contribution in [0.25, 0.3) is 27.5 Å². The molecule has 6 aromatic rings. The molecule has 0 amide bonds. The summed E-state index contributed by atoms with van der Waals surface area (Å²) in [5, 5.41) is 18.8. The van der Waals surface area contributed by atoms with E-state index in [9.17, 15) is 38.8 Å². The fourth-order valence-corrected chi connectivity index (χ4v) is 10.9. The van der Waals surface area contributed by atoms with E-state index < -0.39 is 46.1 Å². The summed E-state index contributed by atoms with van der Waals surface area (Å²) in [7, 11) is 1.29. The van der Waals surface area contributed by atoms with Gasteiger partial charge >= 0.3 is 19.1 Å². The molecule has 0 saturated heterocycles. The fraction of sp³-hybridized carbons (Fsp3) is 0.415. The van der Waals surface area contributed by atoms with Gasteiger partial charge in [-0.1, -0.05) is 73.7 Å². The average Bonchev–Trinajstić information content (AvgIpc) is 0.836. The molecule has 0 spiro atoms. The third kappa shape index (κ3) is 19.1. The van der Waals surface area contributed by atoms with Gasteiger partial charge in [0.1, 0.15) is 17.4 Å². The first-order valence-electron chi connectivity index (χ1n) is 27.4. The van der Waals surface area contributed by atoms with Gasteiger partial charge < -0.3 is 66.3 Å². The Morgan fingerprint density at radius 1 is 0.539 bits per heavy atom. The van der Waals surface area contributed by atoms with Gasteiger partial charge in [-0.05, 0) is 145 Å². The largest absolute Gasteiger partial charge is 0.495 e. The summed E-state index contributed by atoms with van der Waals surface area (Å²) in [5.41, 5.74) is 5.09. The first-order valence-corrected chi connectivity index (χ1v) is 35.9. The maximum atomic E-state index is 14.0. The number of methoxy groups -OCH3 is 4. The van der Waals surface area contributed by atoms with E-state index >= 15 is 0 Å². The Hall–Kier alpha value is -6.75. The number of hydrogen-bond acceptors (Lipinski definition) is 20. The molecule has 0 unspecified atom stereocenters. The van der Waals surface area contributed by atoms with Crippen LogP contribution in [0, 0.1) is 27.7 Å². The molecule has 0 fully saturated rings. The SMILES string of the molecule is C.C.C.COCOc1cc2c(cc1OCOC)C(=O)C(I)=CC2.COCOc1cc2c(cc1OCOC)C(=O)C(c1coc3cc(C)c(C)c(C(=O)OCC[Si](C)(C)C)c3c1=O)=CC2.Cc1cc2occ(B(O)O)c(=O)c2c(C(=O)OCC[Si](C)(C)C)c1C. The van der Waals surface area contributed by atoms with E-state index in [0.29, 0.717) is 63.7 Å². The fourth-order valence-electron chi connectivity index (χ4n) is 8.97. The lowest BCUT2D eigenvalue weighted by Gasteiger charge is -2.20. The molecule has 0 aliphatic heterocycles.